The van der Waals surface area contributed by atoms with Gasteiger partial charge in [0.25, 0.3) is 0 Å². The van der Waals surface area contributed by atoms with Crippen molar-refractivity contribution < 1.29 is 32.3 Å². The lowest BCUT2D eigenvalue weighted by Crippen LogP contribution is -2.33. The van der Waals surface area contributed by atoms with E-state index in [1.165, 1.54) is 0 Å². The Hall–Kier alpha value is -4.47. The van der Waals surface area contributed by atoms with E-state index in [0.717, 1.165) is 24.3 Å². The van der Waals surface area contributed by atoms with Crippen LogP contribution >= 0.6 is 0 Å². The highest BCUT2D eigenvalue weighted by atomic mass is 19.4. The zero-order valence-electron chi connectivity index (χ0n) is 17.7. The number of amides is 2. The monoisotopic (exact) mass is 469 g/mol. The van der Waals surface area contributed by atoms with Crippen molar-refractivity contribution in [1.82, 2.24) is 5.43 Å². The smallest absolute Gasteiger partial charge is 0.416 e. The summed E-state index contributed by atoms with van der Waals surface area (Å²) in [5.74, 6) is -2.40. The second kappa shape index (κ2) is 10.4. The van der Waals surface area contributed by atoms with Crippen molar-refractivity contribution in [2.24, 2.45) is 5.10 Å². The van der Waals surface area contributed by atoms with Crippen molar-refractivity contribution in [3.05, 3.63) is 95.6 Å². The standard InChI is InChI=1S/C24H18F3N3O4/c1-15(16-7-13-20(14-8-16)34-23(33)17-5-3-2-4-6-17)29-30-22(32)21(31)28-19-11-9-18(10-12-19)24(25,26)27/h2-14H,1H3,(H,28,31)(H,30,32)/b29-15+. The lowest BCUT2D eigenvalue weighted by Gasteiger charge is -2.08. The zero-order chi connectivity index (χ0) is 24.7. The van der Waals surface area contributed by atoms with Crippen molar-refractivity contribution in [3.8, 4) is 5.75 Å². The highest BCUT2D eigenvalue weighted by molar-refractivity contribution is 6.39. The minimum absolute atomic E-state index is 0.0227. The second-order valence-electron chi connectivity index (χ2n) is 6.95. The van der Waals surface area contributed by atoms with E-state index < -0.39 is 29.5 Å². The summed E-state index contributed by atoms with van der Waals surface area (Å²) in [6, 6.07) is 18.5. The number of hydrogen-bond donors (Lipinski definition) is 2. The molecule has 3 aromatic carbocycles. The molecule has 0 saturated carbocycles. The molecule has 3 aromatic rings. The molecule has 0 aliphatic heterocycles. The Balaban J connectivity index is 1.55. The Morgan fingerprint density at radius 3 is 2.00 bits per heavy atom. The molecule has 34 heavy (non-hydrogen) atoms. The molecular formula is C24H18F3N3O4. The summed E-state index contributed by atoms with van der Waals surface area (Å²) in [4.78, 5) is 36.0. The molecule has 10 heteroatoms. The van der Waals surface area contributed by atoms with Gasteiger partial charge in [0.1, 0.15) is 5.75 Å². The minimum atomic E-state index is -4.51. The van der Waals surface area contributed by atoms with Gasteiger partial charge in [-0.3, -0.25) is 9.59 Å². The topological polar surface area (TPSA) is 96.9 Å². The molecule has 3 rings (SSSR count). The van der Waals surface area contributed by atoms with Gasteiger partial charge in [0, 0.05) is 5.69 Å². The molecular weight excluding hydrogens is 451 g/mol. The molecule has 0 aromatic heterocycles. The van der Waals surface area contributed by atoms with Crippen molar-refractivity contribution in [3.63, 3.8) is 0 Å². The molecule has 0 heterocycles. The largest absolute Gasteiger partial charge is 0.423 e. The van der Waals surface area contributed by atoms with E-state index >= 15 is 0 Å². The van der Waals surface area contributed by atoms with Gasteiger partial charge in [-0.05, 0) is 73.2 Å². The van der Waals surface area contributed by atoms with E-state index in [9.17, 15) is 27.6 Å². The lowest BCUT2D eigenvalue weighted by molar-refractivity contribution is -0.137. The molecule has 0 bridgehead atoms. The highest BCUT2D eigenvalue weighted by Gasteiger charge is 2.30. The predicted molar refractivity (Wildman–Crippen MR) is 118 cm³/mol. The molecule has 2 amide bonds. The van der Waals surface area contributed by atoms with Crippen molar-refractivity contribution in [2.75, 3.05) is 5.32 Å². The van der Waals surface area contributed by atoms with E-state index in [1.807, 2.05) is 0 Å². The maximum absolute atomic E-state index is 12.6. The molecule has 0 fully saturated rings. The number of halogens is 3. The van der Waals surface area contributed by atoms with Gasteiger partial charge in [0.05, 0.1) is 16.8 Å². The van der Waals surface area contributed by atoms with Crippen LogP contribution in [-0.4, -0.2) is 23.5 Å². The van der Waals surface area contributed by atoms with Crippen LogP contribution in [0.3, 0.4) is 0 Å². The fourth-order valence-corrected chi connectivity index (χ4v) is 2.68. The van der Waals surface area contributed by atoms with Crippen LogP contribution in [0.5, 0.6) is 5.75 Å². The van der Waals surface area contributed by atoms with Crippen molar-refractivity contribution in [1.29, 1.82) is 0 Å². The Labute approximate surface area is 192 Å². The summed E-state index contributed by atoms with van der Waals surface area (Å²) in [6.07, 6.45) is -4.51. The van der Waals surface area contributed by atoms with Crippen LogP contribution in [0, 0.1) is 0 Å². The first kappa shape index (κ1) is 24.2. The third-order valence-electron chi connectivity index (χ3n) is 4.49. The third kappa shape index (κ3) is 6.52. The van der Waals surface area contributed by atoms with Gasteiger partial charge in [-0.1, -0.05) is 18.2 Å². The number of nitrogens with zero attached hydrogens (tertiary/aromatic N) is 1. The molecule has 2 N–H and O–H groups in total. The number of alkyl halides is 3. The summed E-state index contributed by atoms with van der Waals surface area (Å²) in [5.41, 5.74) is 2.57. The van der Waals surface area contributed by atoms with Crippen LogP contribution in [0.2, 0.25) is 0 Å². The van der Waals surface area contributed by atoms with E-state index in [0.29, 0.717) is 22.6 Å². The summed E-state index contributed by atoms with van der Waals surface area (Å²) < 4.78 is 43.0. The Morgan fingerprint density at radius 2 is 1.41 bits per heavy atom. The van der Waals surface area contributed by atoms with E-state index in [4.69, 9.17) is 4.74 Å². The van der Waals surface area contributed by atoms with Crippen LogP contribution in [0.15, 0.2) is 84.0 Å². The predicted octanol–water partition coefficient (Wildman–Crippen LogP) is 4.40. The SMILES string of the molecule is C/C(=N\NC(=O)C(=O)Nc1ccc(C(F)(F)F)cc1)c1ccc(OC(=O)c2ccccc2)cc1. The molecule has 0 unspecified atom stereocenters. The molecule has 0 radical (unpaired) electrons. The summed E-state index contributed by atoms with van der Waals surface area (Å²) in [6.45, 7) is 1.58. The first-order chi connectivity index (χ1) is 16.1. The number of hydrazone groups is 1. The van der Waals surface area contributed by atoms with Crippen LogP contribution in [0.4, 0.5) is 18.9 Å². The quantitative estimate of drug-likeness (QED) is 0.190. The summed E-state index contributed by atoms with van der Waals surface area (Å²) in [5, 5.41) is 6.03. The normalized spacial score (nSPS) is 11.5. The first-order valence-corrected chi connectivity index (χ1v) is 9.84. The molecule has 7 nitrogen and oxygen atoms in total. The maximum Gasteiger partial charge on any atom is 0.416 e. The number of anilines is 1. The van der Waals surface area contributed by atoms with Gasteiger partial charge in [0.15, 0.2) is 0 Å². The molecule has 0 saturated heterocycles. The number of nitrogens with one attached hydrogen (secondary N) is 2. The van der Waals surface area contributed by atoms with Crippen LogP contribution in [-0.2, 0) is 15.8 Å². The van der Waals surface area contributed by atoms with Gasteiger partial charge in [-0.2, -0.15) is 18.3 Å². The number of ether oxygens (including phenoxy) is 1. The van der Waals surface area contributed by atoms with Crippen molar-refractivity contribution >= 4 is 29.2 Å². The van der Waals surface area contributed by atoms with Crippen LogP contribution in [0.25, 0.3) is 0 Å². The number of carbonyl (C=O) groups excluding carboxylic acids is 3. The van der Waals surface area contributed by atoms with Gasteiger partial charge >= 0.3 is 24.0 Å². The van der Waals surface area contributed by atoms with Gasteiger partial charge in [-0.15, -0.1) is 0 Å². The summed E-state index contributed by atoms with van der Waals surface area (Å²) in [7, 11) is 0. The van der Waals surface area contributed by atoms with Gasteiger partial charge in [0.2, 0.25) is 0 Å². The fourth-order valence-electron chi connectivity index (χ4n) is 2.68. The van der Waals surface area contributed by atoms with Crippen LogP contribution < -0.4 is 15.5 Å². The number of rotatable bonds is 5. The number of carbonyl (C=O) groups is 3. The molecule has 174 valence electrons. The number of benzene rings is 3. The van der Waals surface area contributed by atoms with E-state index in [2.05, 4.69) is 15.8 Å². The van der Waals surface area contributed by atoms with E-state index in [1.54, 1.807) is 61.5 Å². The average molecular weight is 469 g/mol. The minimum Gasteiger partial charge on any atom is -0.423 e. The zero-order valence-corrected chi connectivity index (χ0v) is 17.7. The Kier molecular flexibility index (Phi) is 7.42. The maximum atomic E-state index is 12.6. The average Bonchev–Trinajstić information content (AvgIpc) is 2.83. The van der Waals surface area contributed by atoms with Gasteiger partial charge in [-0.25, -0.2) is 10.2 Å². The Bertz CT molecular complexity index is 1210. The van der Waals surface area contributed by atoms with Crippen LogP contribution in [0.1, 0.15) is 28.4 Å². The number of hydrogen-bond acceptors (Lipinski definition) is 5. The first-order valence-electron chi connectivity index (χ1n) is 9.84. The Morgan fingerprint density at radius 1 is 0.794 bits per heavy atom. The lowest BCUT2D eigenvalue weighted by atomic mass is 10.1. The second-order valence-corrected chi connectivity index (χ2v) is 6.95. The fraction of sp³-hybridized carbons (Fsp3) is 0.0833. The highest BCUT2D eigenvalue weighted by Crippen LogP contribution is 2.29. The molecule has 0 atom stereocenters. The van der Waals surface area contributed by atoms with Gasteiger partial charge < -0.3 is 10.1 Å². The van der Waals surface area contributed by atoms with E-state index in [-0.39, 0.29) is 5.69 Å². The molecule has 0 spiro atoms. The molecule has 0 aliphatic carbocycles. The summed E-state index contributed by atoms with van der Waals surface area (Å²) >= 11 is 0. The number of esters is 1. The van der Waals surface area contributed by atoms with Crippen molar-refractivity contribution in [2.45, 2.75) is 13.1 Å². The third-order valence-corrected chi connectivity index (χ3v) is 4.49. The molecule has 0 aliphatic rings.